The van der Waals surface area contributed by atoms with Crippen molar-refractivity contribution in [2.75, 3.05) is 5.32 Å². The van der Waals surface area contributed by atoms with Gasteiger partial charge in [0.1, 0.15) is 5.69 Å². The maximum Gasteiger partial charge on any atom is 0.293 e. The third-order valence-electron chi connectivity index (χ3n) is 2.72. The number of nitro benzene ring substituents is 1. The molecule has 0 fully saturated rings. The van der Waals surface area contributed by atoms with Crippen molar-refractivity contribution in [3.05, 3.63) is 58.2 Å². The SMILES string of the molecule is CC(Nc1ccc(C#N)cc1[N+](=O)[O-])c1cnccn1. The molecule has 1 aromatic heterocycles. The Hall–Kier alpha value is -3.01. The summed E-state index contributed by atoms with van der Waals surface area (Å²) in [7, 11) is 0. The van der Waals surface area contributed by atoms with E-state index in [2.05, 4.69) is 15.3 Å². The van der Waals surface area contributed by atoms with Gasteiger partial charge in [0.05, 0.1) is 34.5 Å². The highest BCUT2D eigenvalue weighted by Crippen LogP contribution is 2.28. The number of nitro groups is 1. The Morgan fingerprint density at radius 3 is 2.85 bits per heavy atom. The van der Waals surface area contributed by atoms with Crippen molar-refractivity contribution in [3.8, 4) is 6.07 Å². The molecule has 1 atom stereocenters. The minimum atomic E-state index is -0.521. The molecule has 100 valence electrons. The summed E-state index contributed by atoms with van der Waals surface area (Å²) in [5.41, 5.74) is 1.12. The topological polar surface area (TPSA) is 105 Å². The lowest BCUT2D eigenvalue weighted by Crippen LogP contribution is -2.10. The molecule has 0 aliphatic rings. The Morgan fingerprint density at radius 1 is 1.45 bits per heavy atom. The predicted octanol–water partition coefficient (Wildman–Crippen LogP) is 2.43. The molecule has 1 unspecified atom stereocenters. The van der Waals surface area contributed by atoms with Crippen LogP contribution in [-0.2, 0) is 0 Å². The maximum absolute atomic E-state index is 11.0. The number of benzene rings is 1. The molecule has 0 aliphatic carbocycles. The van der Waals surface area contributed by atoms with Crippen LogP contribution in [0.5, 0.6) is 0 Å². The Morgan fingerprint density at radius 2 is 2.25 bits per heavy atom. The second kappa shape index (κ2) is 5.75. The van der Waals surface area contributed by atoms with Crippen molar-refractivity contribution < 1.29 is 4.92 Å². The zero-order chi connectivity index (χ0) is 14.5. The summed E-state index contributed by atoms with van der Waals surface area (Å²) >= 11 is 0. The van der Waals surface area contributed by atoms with Crippen molar-refractivity contribution in [1.82, 2.24) is 9.97 Å². The van der Waals surface area contributed by atoms with Gasteiger partial charge in [0, 0.05) is 18.5 Å². The third kappa shape index (κ3) is 2.87. The van der Waals surface area contributed by atoms with Gasteiger partial charge in [-0.05, 0) is 19.1 Å². The molecule has 0 radical (unpaired) electrons. The summed E-state index contributed by atoms with van der Waals surface area (Å²) in [4.78, 5) is 18.6. The Labute approximate surface area is 115 Å². The monoisotopic (exact) mass is 269 g/mol. The van der Waals surface area contributed by atoms with Gasteiger partial charge in [-0.1, -0.05) is 0 Å². The molecule has 7 heteroatoms. The van der Waals surface area contributed by atoms with Crippen LogP contribution in [-0.4, -0.2) is 14.9 Å². The highest BCUT2D eigenvalue weighted by atomic mass is 16.6. The number of anilines is 1. The van der Waals surface area contributed by atoms with E-state index in [0.717, 1.165) is 0 Å². The lowest BCUT2D eigenvalue weighted by atomic mass is 10.1. The zero-order valence-corrected chi connectivity index (χ0v) is 10.6. The van der Waals surface area contributed by atoms with Gasteiger partial charge in [-0.3, -0.25) is 20.1 Å². The van der Waals surface area contributed by atoms with Crippen molar-refractivity contribution in [3.63, 3.8) is 0 Å². The molecular weight excluding hydrogens is 258 g/mol. The Bertz CT molecular complexity index is 666. The molecule has 2 aromatic rings. The minimum Gasteiger partial charge on any atom is -0.371 e. The summed E-state index contributed by atoms with van der Waals surface area (Å²) in [5, 5.41) is 22.8. The predicted molar refractivity (Wildman–Crippen MR) is 71.9 cm³/mol. The minimum absolute atomic E-state index is 0.139. The number of rotatable bonds is 4. The van der Waals surface area contributed by atoms with Crippen molar-refractivity contribution in [2.24, 2.45) is 0 Å². The van der Waals surface area contributed by atoms with E-state index >= 15 is 0 Å². The van der Waals surface area contributed by atoms with Gasteiger partial charge in [0.15, 0.2) is 0 Å². The molecule has 0 saturated carbocycles. The number of nitrogens with one attached hydrogen (secondary N) is 1. The van der Waals surface area contributed by atoms with Gasteiger partial charge in [-0.15, -0.1) is 0 Å². The van der Waals surface area contributed by atoms with Crippen LogP contribution in [0.15, 0.2) is 36.8 Å². The van der Waals surface area contributed by atoms with Crippen LogP contribution in [0, 0.1) is 21.4 Å². The molecule has 0 amide bonds. The largest absolute Gasteiger partial charge is 0.371 e. The van der Waals surface area contributed by atoms with Gasteiger partial charge < -0.3 is 5.32 Å². The average Bonchev–Trinajstić information content (AvgIpc) is 2.48. The first-order valence-corrected chi connectivity index (χ1v) is 5.83. The summed E-state index contributed by atoms with van der Waals surface area (Å²) in [5.74, 6) is 0. The molecule has 0 saturated heterocycles. The van der Waals surface area contributed by atoms with Crippen LogP contribution >= 0.6 is 0 Å². The first-order chi connectivity index (χ1) is 9.61. The van der Waals surface area contributed by atoms with Gasteiger partial charge in [0.2, 0.25) is 0 Å². The molecule has 2 rings (SSSR count). The van der Waals surface area contributed by atoms with Crippen molar-refractivity contribution >= 4 is 11.4 Å². The van der Waals surface area contributed by atoms with Crippen LogP contribution in [0.2, 0.25) is 0 Å². The number of nitriles is 1. The number of aromatic nitrogens is 2. The lowest BCUT2D eigenvalue weighted by molar-refractivity contribution is -0.384. The fraction of sp³-hybridized carbons (Fsp3) is 0.154. The first kappa shape index (κ1) is 13.4. The van der Waals surface area contributed by atoms with Crippen molar-refractivity contribution in [1.29, 1.82) is 5.26 Å². The van der Waals surface area contributed by atoms with Crippen molar-refractivity contribution in [2.45, 2.75) is 13.0 Å². The molecule has 0 bridgehead atoms. The van der Waals surface area contributed by atoms with E-state index in [1.165, 1.54) is 18.2 Å². The van der Waals surface area contributed by atoms with Gasteiger partial charge in [0.25, 0.3) is 5.69 Å². The number of nitrogens with zero attached hydrogens (tertiary/aromatic N) is 4. The molecule has 20 heavy (non-hydrogen) atoms. The fourth-order valence-electron chi connectivity index (χ4n) is 1.72. The lowest BCUT2D eigenvalue weighted by Gasteiger charge is -2.14. The fourth-order valence-corrected chi connectivity index (χ4v) is 1.72. The van der Waals surface area contributed by atoms with E-state index in [1.54, 1.807) is 18.6 Å². The summed E-state index contributed by atoms with van der Waals surface area (Å²) in [6, 6.07) is 5.93. The number of hydrogen-bond acceptors (Lipinski definition) is 6. The molecule has 7 nitrogen and oxygen atoms in total. The molecule has 1 aromatic carbocycles. The van der Waals surface area contributed by atoms with Crippen LogP contribution in [0.3, 0.4) is 0 Å². The van der Waals surface area contributed by atoms with E-state index in [-0.39, 0.29) is 17.3 Å². The van der Waals surface area contributed by atoms with Crippen LogP contribution in [0.25, 0.3) is 0 Å². The number of hydrogen-bond donors (Lipinski definition) is 1. The van der Waals surface area contributed by atoms with Gasteiger partial charge in [-0.2, -0.15) is 5.26 Å². The van der Waals surface area contributed by atoms with Gasteiger partial charge >= 0.3 is 0 Å². The highest BCUT2D eigenvalue weighted by molar-refractivity contribution is 5.64. The Balaban J connectivity index is 2.30. The smallest absolute Gasteiger partial charge is 0.293 e. The maximum atomic E-state index is 11.0. The molecule has 0 aliphatic heterocycles. The van der Waals surface area contributed by atoms with Gasteiger partial charge in [-0.25, -0.2) is 0 Å². The van der Waals surface area contributed by atoms with E-state index in [4.69, 9.17) is 5.26 Å². The second-order valence-electron chi connectivity index (χ2n) is 4.10. The third-order valence-corrected chi connectivity index (χ3v) is 2.72. The molecule has 1 heterocycles. The summed E-state index contributed by atoms with van der Waals surface area (Å²) < 4.78 is 0. The average molecular weight is 269 g/mol. The first-order valence-electron chi connectivity index (χ1n) is 5.83. The zero-order valence-electron chi connectivity index (χ0n) is 10.6. The van der Waals surface area contributed by atoms with E-state index in [9.17, 15) is 10.1 Å². The normalized spacial score (nSPS) is 11.4. The Kier molecular flexibility index (Phi) is 3.86. The van der Waals surface area contributed by atoms with Crippen LogP contribution in [0.4, 0.5) is 11.4 Å². The molecule has 1 N–H and O–H groups in total. The standard InChI is InChI=1S/C13H11N5O2/c1-9(12-8-15-4-5-16-12)17-11-3-2-10(7-14)6-13(11)18(19)20/h2-6,8-9,17H,1H3. The van der Waals surface area contributed by atoms with E-state index in [1.807, 2.05) is 13.0 Å². The summed E-state index contributed by atoms with van der Waals surface area (Å²) in [6.07, 6.45) is 4.70. The van der Waals surface area contributed by atoms with E-state index < -0.39 is 4.92 Å². The summed E-state index contributed by atoms with van der Waals surface area (Å²) in [6.45, 7) is 1.83. The second-order valence-corrected chi connectivity index (χ2v) is 4.10. The highest BCUT2D eigenvalue weighted by Gasteiger charge is 2.17. The van der Waals surface area contributed by atoms with Crippen LogP contribution < -0.4 is 5.32 Å². The van der Waals surface area contributed by atoms with E-state index in [0.29, 0.717) is 11.4 Å². The molecule has 0 spiro atoms. The molecular formula is C13H11N5O2. The van der Waals surface area contributed by atoms with Crippen LogP contribution in [0.1, 0.15) is 24.2 Å². The quantitative estimate of drug-likeness (QED) is 0.675.